The third-order valence-corrected chi connectivity index (χ3v) is 2.90. The standard InChI is InChI=1S/C13H16F2N2O2/c14-10-2-1-9(12(15)6-10)5-13(18)17-8-11-7-16-3-4-19-11/h1-2,6,11,16H,3-5,7-8H2,(H,17,18). The van der Waals surface area contributed by atoms with Crippen molar-refractivity contribution in [2.24, 2.45) is 0 Å². The Kier molecular flexibility index (Phi) is 4.81. The zero-order valence-corrected chi connectivity index (χ0v) is 10.4. The Hall–Kier alpha value is -1.53. The number of hydrogen-bond acceptors (Lipinski definition) is 3. The van der Waals surface area contributed by atoms with E-state index >= 15 is 0 Å². The van der Waals surface area contributed by atoms with E-state index in [0.29, 0.717) is 19.7 Å². The predicted octanol–water partition coefficient (Wildman–Crippen LogP) is 0.612. The second-order valence-corrected chi connectivity index (χ2v) is 4.41. The molecule has 1 unspecified atom stereocenters. The van der Waals surface area contributed by atoms with E-state index in [4.69, 9.17) is 4.74 Å². The van der Waals surface area contributed by atoms with Gasteiger partial charge < -0.3 is 15.4 Å². The number of carbonyl (C=O) groups is 1. The maximum atomic E-state index is 13.4. The molecule has 0 aromatic heterocycles. The number of morpholine rings is 1. The Balaban J connectivity index is 1.80. The van der Waals surface area contributed by atoms with Gasteiger partial charge in [0.25, 0.3) is 0 Å². The summed E-state index contributed by atoms with van der Waals surface area (Å²) in [5.41, 5.74) is 0.182. The molecule has 1 aliphatic heterocycles. The highest BCUT2D eigenvalue weighted by molar-refractivity contribution is 5.78. The molecule has 1 aromatic carbocycles. The van der Waals surface area contributed by atoms with Crippen LogP contribution in [-0.4, -0.2) is 38.3 Å². The van der Waals surface area contributed by atoms with Gasteiger partial charge in [-0.3, -0.25) is 4.79 Å². The smallest absolute Gasteiger partial charge is 0.224 e. The predicted molar refractivity (Wildman–Crippen MR) is 65.7 cm³/mol. The molecule has 2 rings (SSSR count). The van der Waals surface area contributed by atoms with Crippen molar-refractivity contribution in [1.82, 2.24) is 10.6 Å². The molecule has 0 aliphatic carbocycles. The van der Waals surface area contributed by atoms with Crippen molar-refractivity contribution >= 4 is 5.91 Å². The fourth-order valence-electron chi connectivity index (χ4n) is 1.88. The van der Waals surface area contributed by atoms with Gasteiger partial charge >= 0.3 is 0 Å². The minimum Gasteiger partial charge on any atom is -0.374 e. The maximum Gasteiger partial charge on any atom is 0.224 e. The monoisotopic (exact) mass is 270 g/mol. The van der Waals surface area contributed by atoms with Crippen molar-refractivity contribution in [3.05, 3.63) is 35.4 Å². The van der Waals surface area contributed by atoms with E-state index in [1.807, 2.05) is 0 Å². The van der Waals surface area contributed by atoms with Crippen LogP contribution in [0.5, 0.6) is 0 Å². The number of hydrogen-bond donors (Lipinski definition) is 2. The lowest BCUT2D eigenvalue weighted by molar-refractivity contribution is -0.121. The first kappa shape index (κ1) is 13.9. The van der Waals surface area contributed by atoms with Gasteiger partial charge in [-0.05, 0) is 11.6 Å². The summed E-state index contributed by atoms with van der Waals surface area (Å²) in [5, 5.41) is 5.82. The van der Waals surface area contributed by atoms with Gasteiger partial charge in [-0.25, -0.2) is 8.78 Å². The topological polar surface area (TPSA) is 50.4 Å². The van der Waals surface area contributed by atoms with E-state index in [9.17, 15) is 13.6 Å². The summed E-state index contributed by atoms with van der Waals surface area (Å²) in [6, 6.07) is 3.19. The molecular formula is C13H16F2N2O2. The molecule has 104 valence electrons. The van der Waals surface area contributed by atoms with E-state index in [1.54, 1.807) is 0 Å². The van der Waals surface area contributed by atoms with Crippen LogP contribution in [0.3, 0.4) is 0 Å². The number of benzene rings is 1. The van der Waals surface area contributed by atoms with Gasteiger partial charge in [0.2, 0.25) is 5.91 Å². The lowest BCUT2D eigenvalue weighted by Gasteiger charge is -2.23. The highest BCUT2D eigenvalue weighted by Gasteiger charge is 2.15. The van der Waals surface area contributed by atoms with Gasteiger partial charge in [-0.1, -0.05) is 6.07 Å². The third-order valence-electron chi connectivity index (χ3n) is 2.90. The second kappa shape index (κ2) is 6.58. The van der Waals surface area contributed by atoms with Crippen LogP contribution in [0, 0.1) is 11.6 Å². The first-order valence-electron chi connectivity index (χ1n) is 6.18. The molecule has 0 saturated carbocycles. The van der Waals surface area contributed by atoms with E-state index in [-0.39, 0.29) is 24.0 Å². The first-order valence-corrected chi connectivity index (χ1v) is 6.18. The third kappa shape index (κ3) is 4.25. The average molecular weight is 270 g/mol. The zero-order chi connectivity index (χ0) is 13.7. The van der Waals surface area contributed by atoms with Crippen LogP contribution < -0.4 is 10.6 Å². The SMILES string of the molecule is O=C(Cc1ccc(F)cc1F)NCC1CNCCO1. The summed E-state index contributed by atoms with van der Waals surface area (Å²) in [6.45, 7) is 2.50. The number of rotatable bonds is 4. The number of nitrogens with one attached hydrogen (secondary N) is 2. The number of carbonyl (C=O) groups excluding carboxylic acids is 1. The van der Waals surface area contributed by atoms with Crippen LogP contribution in [0.15, 0.2) is 18.2 Å². The molecule has 2 N–H and O–H groups in total. The molecule has 0 spiro atoms. The molecule has 4 nitrogen and oxygen atoms in total. The summed E-state index contributed by atoms with van der Waals surface area (Å²) >= 11 is 0. The highest BCUT2D eigenvalue weighted by atomic mass is 19.1. The molecule has 19 heavy (non-hydrogen) atoms. The highest BCUT2D eigenvalue weighted by Crippen LogP contribution is 2.10. The van der Waals surface area contributed by atoms with Crippen molar-refractivity contribution in [2.45, 2.75) is 12.5 Å². The molecule has 0 bridgehead atoms. The van der Waals surface area contributed by atoms with Gasteiger partial charge in [-0.2, -0.15) is 0 Å². The van der Waals surface area contributed by atoms with Gasteiger partial charge in [-0.15, -0.1) is 0 Å². The van der Waals surface area contributed by atoms with Crippen LogP contribution in [-0.2, 0) is 16.0 Å². The molecule has 1 heterocycles. The molecule has 6 heteroatoms. The fraction of sp³-hybridized carbons (Fsp3) is 0.462. The molecule has 1 saturated heterocycles. The summed E-state index contributed by atoms with van der Waals surface area (Å²) in [5.74, 6) is -1.66. The number of ether oxygens (including phenoxy) is 1. The van der Waals surface area contributed by atoms with Crippen LogP contribution in [0.4, 0.5) is 8.78 Å². The summed E-state index contributed by atoms with van der Waals surface area (Å²) in [4.78, 5) is 11.6. The normalized spacial score (nSPS) is 19.2. The maximum absolute atomic E-state index is 13.4. The first-order chi connectivity index (χ1) is 9.15. The van der Waals surface area contributed by atoms with Crippen LogP contribution in [0.1, 0.15) is 5.56 Å². The fourth-order valence-corrected chi connectivity index (χ4v) is 1.88. The molecule has 1 amide bonds. The summed E-state index contributed by atoms with van der Waals surface area (Å²) in [7, 11) is 0. The summed E-state index contributed by atoms with van der Waals surface area (Å²) in [6.07, 6.45) is -0.164. The molecule has 1 fully saturated rings. The Morgan fingerprint density at radius 3 is 3.00 bits per heavy atom. The van der Waals surface area contributed by atoms with Crippen molar-refractivity contribution in [3.8, 4) is 0 Å². The lowest BCUT2D eigenvalue weighted by atomic mass is 10.1. The largest absolute Gasteiger partial charge is 0.374 e. The summed E-state index contributed by atoms with van der Waals surface area (Å²) < 4.78 is 31.5. The molecule has 0 radical (unpaired) electrons. The van der Waals surface area contributed by atoms with E-state index in [2.05, 4.69) is 10.6 Å². The van der Waals surface area contributed by atoms with Crippen molar-refractivity contribution in [2.75, 3.05) is 26.2 Å². The van der Waals surface area contributed by atoms with E-state index in [0.717, 1.165) is 18.7 Å². The minimum atomic E-state index is -0.703. The van der Waals surface area contributed by atoms with Crippen molar-refractivity contribution < 1.29 is 18.3 Å². The molecule has 1 aromatic rings. The van der Waals surface area contributed by atoms with Crippen molar-refractivity contribution in [1.29, 1.82) is 0 Å². The Labute approximate surface area is 110 Å². The van der Waals surface area contributed by atoms with Gasteiger partial charge in [0.1, 0.15) is 11.6 Å². The molecule has 1 aliphatic rings. The Morgan fingerprint density at radius 1 is 1.47 bits per heavy atom. The van der Waals surface area contributed by atoms with E-state index in [1.165, 1.54) is 6.07 Å². The number of halogens is 2. The zero-order valence-electron chi connectivity index (χ0n) is 10.4. The lowest BCUT2D eigenvalue weighted by Crippen LogP contribution is -2.45. The average Bonchev–Trinajstić information content (AvgIpc) is 2.41. The quantitative estimate of drug-likeness (QED) is 0.843. The van der Waals surface area contributed by atoms with Crippen LogP contribution in [0.25, 0.3) is 0 Å². The number of amides is 1. The van der Waals surface area contributed by atoms with Gasteiger partial charge in [0.15, 0.2) is 0 Å². The van der Waals surface area contributed by atoms with E-state index < -0.39 is 11.6 Å². The van der Waals surface area contributed by atoms with Gasteiger partial charge in [0.05, 0.1) is 19.1 Å². The minimum absolute atomic E-state index is 0.0595. The van der Waals surface area contributed by atoms with Crippen LogP contribution >= 0.6 is 0 Å². The molecular weight excluding hydrogens is 254 g/mol. The van der Waals surface area contributed by atoms with Crippen molar-refractivity contribution in [3.63, 3.8) is 0 Å². The Bertz CT molecular complexity index is 448. The van der Waals surface area contributed by atoms with Gasteiger partial charge in [0, 0.05) is 25.7 Å². The Morgan fingerprint density at radius 2 is 2.32 bits per heavy atom. The molecule has 1 atom stereocenters. The van der Waals surface area contributed by atoms with Crippen LogP contribution in [0.2, 0.25) is 0 Å². The second-order valence-electron chi connectivity index (χ2n) is 4.41.